The molecule has 0 saturated carbocycles. The molecule has 0 saturated heterocycles. The van der Waals surface area contributed by atoms with Crippen LogP contribution < -0.4 is 5.32 Å². The summed E-state index contributed by atoms with van der Waals surface area (Å²) in [6, 6.07) is 16.1. The molecule has 1 amide bonds. The van der Waals surface area contributed by atoms with E-state index in [0.29, 0.717) is 10.7 Å². The van der Waals surface area contributed by atoms with Crippen LogP contribution in [0.3, 0.4) is 0 Å². The zero-order chi connectivity index (χ0) is 18.4. The first-order valence-corrected chi connectivity index (χ1v) is 8.23. The number of ether oxygens (including phenoxy) is 1. The zero-order valence-corrected chi connectivity index (χ0v) is 14.4. The van der Waals surface area contributed by atoms with E-state index in [1.807, 2.05) is 12.1 Å². The van der Waals surface area contributed by atoms with E-state index in [4.69, 9.17) is 16.3 Å². The summed E-state index contributed by atoms with van der Waals surface area (Å²) in [6.07, 6.45) is 4.54. The maximum Gasteiger partial charge on any atom is 0.331 e. The number of halogens is 1. The standard InChI is InChI=1S/C20H15ClN2O3/c21-15-9-6-14(7-10-15)8-11-20(25)26-13-19(24)23-18-5-1-4-17-16(18)3-2-12-22-17/h1-12H,13H2,(H,23,24)/b11-8+. The average molecular weight is 367 g/mol. The number of carbonyl (C=O) groups is 2. The number of hydrogen-bond acceptors (Lipinski definition) is 4. The summed E-state index contributed by atoms with van der Waals surface area (Å²) in [5, 5.41) is 4.16. The van der Waals surface area contributed by atoms with Gasteiger partial charge < -0.3 is 10.1 Å². The molecular weight excluding hydrogens is 352 g/mol. The number of nitrogens with one attached hydrogen (secondary N) is 1. The molecule has 3 aromatic rings. The smallest absolute Gasteiger partial charge is 0.331 e. The third-order valence-electron chi connectivity index (χ3n) is 3.55. The zero-order valence-electron chi connectivity index (χ0n) is 13.7. The minimum atomic E-state index is -0.602. The number of amides is 1. The highest BCUT2D eigenvalue weighted by Gasteiger charge is 2.08. The summed E-state index contributed by atoms with van der Waals surface area (Å²) >= 11 is 5.80. The maximum absolute atomic E-state index is 12.0. The molecule has 2 aromatic carbocycles. The van der Waals surface area contributed by atoms with Crippen molar-refractivity contribution < 1.29 is 14.3 Å². The molecule has 5 nitrogen and oxygen atoms in total. The summed E-state index contributed by atoms with van der Waals surface area (Å²) in [5.41, 5.74) is 2.20. The molecule has 0 bridgehead atoms. The van der Waals surface area contributed by atoms with Gasteiger partial charge >= 0.3 is 5.97 Å². The Bertz CT molecular complexity index is 963. The Labute approximate surface area is 155 Å². The van der Waals surface area contributed by atoms with Crippen molar-refractivity contribution in [3.63, 3.8) is 0 Å². The van der Waals surface area contributed by atoms with Crippen molar-refractivity contribution in [2.75, 3.05) is 11.9 Å². The number of pyridine rings is 1. The van der Waals surface area contributed by atoms with Gasteiger partial charge in [0.1, 0.15) is 0 Å². The van der Waals surface area contributed by atoms with Gasteiger partial charge in [-0.25, -0.2) is 4.79 Å². The molecule has 6 heteroatoms. The largest absolute Gasteiger partial charge is 0.452 e. The Kier molecular flexibility index (Phi) is 5.61. The lowest BCUT2D eigenvalue weighted by Gasteiger charge is -2.08. The highest BCUT2D eigenvalue weighted by molar-refractivity contribution is 6.30. The Morgan fingerprint density at radius 3 is 2.69 bits per heavy atom. The van der Waals surface area contributed by atoms with Crippen molar-refractivity contribution >= 4 is 46.1 Å². The number of esters is 1. The molecule has 0 aliphatic heterocycles. The van der Waals surface area contributed by atoms with Gasteiger partial charge in [-0.1, -0.05) is 29.8 Å². The van der Waals surface area contributed by atoms with E-state index in [9.17, 15) is 9.59 Å². The molecular formula is C20H15ClN2O3. The normalized spacial score (nSPS) is 10.8. The average Bonchev–Trinajstić information content (AvgIpc) is 2.66. The number of anilines is 1. The van der Waals surface area contributed by atoms with Crippen LogP contribution in [-0.4, -0.2) is 23.5 Å². The number of benzene rings is 2. The van der Waals surface area contributed by atoms with Crippen molar-refractivity contribution in [3.8, 4) is 0 Å². The van der Waals surface area contributed by atoms with Gasteiger partial charge in [0, 0.05) is 22.7 Å². The van der Waals surface area contributed by atoms with Gasteiger partial charge in [-0.2, -0.15) is 0 Å². The molecule has 130 valence electrons. The summed E-state index contributed by atoms with van der Waals surface area (Å²) in [6.45, 7) is -0.375. The highest BCUT2D eigenvalue weighted by atomic mass is 35.5. The molecule has 26 heavy (non-hydrogen) atoms. The van der Waals surface area contributed by atoms with Crippen molar-refractivity contribution in [1.82, 2.24) is 4.98 Å². The van der Waals surface area contributed by atoms with Crippen LogP contribution in [0, 0.1) is 0 Å². The second kappa shape index (κ2) is 8.27. The molecule has 0 aliphatic carbocycles. The van der Waals surface area contributed by atoms with Crippen LogP contribution in [0.15, 0.2) is 66.9 Å². The fourth-order valence-electron chi connectivity index (χ4n) is 2.32. The fraction of sp³-hybridized carbons (Fsp3) is 0.0500. The second-order valence-corrected chi connectivity index (χ2v) is 5.85. The number of nitrogens with zero attached hydrogens (tertiary/aromatic N) is 1. The Morgan fingerprint density at radius 2 is 1.88 bits per heavy atom. The first-order valence-electron chi connectivity index (χ1n) is 7.86. The Hall–Kier alpha value is -3.18. The molecule has 1 heterocycles. The second-order valence-electron chi connectivity index (χ2n) is 5.42. The predicted molar refractivity (Wildman–Crippen MR) is 102 cm³/mol. The lowest BCUT2D eigenvalue weighted by Crippen LogP contribution is -2.20. The first kappa shape index (κ1) is 17.6. The van der Waals surface area contributed by atoms with Crippen molar-refractivity contribution in [3.05, 3.63) is 77.5 Å². The number of carbonyl (C=O) groups excluding carboxylic acids is 2. The first-order chi connectivity index (χ1) is 12.6. The molecule has 0 unspecified atom stereocenters. The highest BCUT2D eigenvalue weighted by Crippen LogP contribution is 2.21. The molecule has 1 N–H and O–H groups in total. The van der Waals surface area contributed by atoms with Gasteiger partial charge in [-0.3, -0.25) is 9.78 Å². The van der Waals surface area contributed by atoms with Gasteiger partial charge in [-0.05, 0) is 48.0 Å². The number of fused-ring (bicyclic) bond motifs is 1. The van der Waals surface area contributed by atoms with Crippen LogP contribution in [-0.2, 0) is 14.3 Å². The molecule has 0 spiro atoms. The SMILES string of the molecule is O=C(COC(=O)/C=C/c1ccc(Cl)cc1)Nc1cccc2ncccc12. The monoisotopic (exact) mass is 366 g/mol. The minimum absolute atomic E-state index is 0.375. The summed E-state index contributed by atoms with van der Waals surface area (Å²) in [4.78, 5) is 28.0. The third kappa shape index (κ3) is 4.68. The van der Waals surface area contributed by atoms with Crippen LogP contribution in [0.25, 0.3) is 17.0 Å². The van der Waals surface area contributed by atoms with E-state index in [1.54, 1.807) is 54.7 Å². The lowest BCUT2D eigenvalue weighted by molar-refractivity contribution is -0.142. The predicted octanol–water partition coefficient (Wildman–Crippen LogP) is 4.08. The molecule has 0 atom stereocenters. The molecule has 0 fully saturated rings. The van der Waals surface area contributed by atoms with Crippen LogP contribution in [0.4, 0.5) is 5.69 Å². The summed E-state index contributed by atoms with van der Waals surface area (Å²) in [7, 11) is 0. The lowest BCUT2D eigenvalue weighted by atomic mass is 10.2. The van der Waals surface area contributed by atoms with E-state index in [2.05, 4.69) is 10.3 Å². The van der Waals surface area contributed by atoms with Crippen molar-refractivity contribution in [1.29, 1.82) is 0 Å². The summed E-state index contributed by atoms with van der Waals surface area (Å²) in [5.74, 6) is -1.02. The molecule has 0 aliphatic rings. The van der Waals surface area contributed by atoms with Crippen LogP contribution >= 0.6 is 11.6 Å². The van der Waals surface area contributed by atoms with E-state index in [1.165, 1.54) is 6.08 Å². The summed E-state index contributed by atoms with van der Waals surface area (Å²) < 4.78 is 4.95. The Morgan fingerprint density at radius 1 is 1.08 bits per heavy atom. The number of hydrogen-bond donors (Lipinski definition) is 1. The number of rotatable bonds is 5. The van der Waals surface area contributed by atoms with E-state index < -0.39 is 11.9 Å². The van der Waals surface area contributed by atoms with E-state index >= 15 is 0 Å². The van der Waals surface area contributed by atoms with Gasteiger partial charge in [0.2, 0.25) is 0 Å². The molecule has 0 radical (unpaired) electrons. The topological polar surface area (TPSA) is 68.3 Å². The Balaban J connectivity index is 1.55. The van der Waals surface area contributed by atoms with Crippen molar-refractivity contribution in [2.24, 2.45) is 0 Å². The van der Waals surface area contributed by atoms with E-state index in [-0.39, 0.29) is 6.61 Å². The van der Waals surface area contributed by atoms with E-state index in [0.717, 1.165) is 16.5 Å². The van der Waals surface area contributed by atoms with Crippen molar-refractivity contribution in [2.45, 2.75) is 0 Å². The molecule has 3 rings (SSSR count). The minimum Gasteiger partial charge on any atom is -0.452 e. The molecule has 1 aromatic heterocycles. The van der Waals surface area contributed by atoms with Crippen LogP contribution in [0.5, 0.6) is 0 Å². The fourth-order valence-corrected chi connectivity index (χ4v) is 2.45. The van der Waals surface area contributed by atoms with Crippen LogP contribution in [0.2, 0.25) is 5.02 Å². The maximum atomic E-state index is 12.0. The number of aromatic nitrogens is 1. The van der Waals surface area contributed by atoms with Gasteiger partial charge in [0.15, 0.2) is 6.61 Å². The third-order valence-corrected chi connectivity index (χ3v) is 3.80. The van der Waals surface area contributed by atoms with Gasteiger partial charge in [-0.15, -0.1) is 0 Å². The van der Waals surface area contributed by atoms with Crippen LogP contribution in [0.1, 0.15) is 5.56 Å². The quantitative estimate of drug-likeness (QED) is 0.545. The van der Waals surface area contributed by atoms with Gasteiger partial charge in [0.05, 0.1) is 11.2 Å². The van der Waals surface area contributed by atoms with Gasteiger partial charge in [0.25, 0.3) is 5.91 Å².